The molecule has 0 aliphatic carbocycles. The first-order chi connectivity index (χ1) is 11.4. The summed E-state index contributed by atoms with van der Waals surface area (Å²) in [6.45, 7) is 1.61. The molecule has 1 amide bonds. The summed E-state index contributed by atoms with van der Waals surface area (Å²) >= 11 is 11.8. The first kappa shape index (κ1) is 18.6. The molecule has 2 unspecified atom stereocenters. The van der Waals surface area contributed by atoms with E-state index in [9.17, 15) is 9.90 Å². The summed E-state index contributed by atoms with van der Waals surface area (Å²) in [7, 11) is 1.63. The molecule has 2 rings (SSSR count). The minimum Gasteiger partial charge on any atom is -0.482 e. The van der Waals surface area contributed by atoms with E-state index in [2.05, 4.69) is 0 Å². The highest BCUT2D eigenvalue weighted by Gasteiger charge is 2.24. The summed E-state index contributed by atoms with van der Waals surface area (Å²) in [5, 5.41) is 11.2. The topological polar surface area (TPSA) is 49.8 Å². The van der Waals surface area contributed by atoms with Crippen LogP contribution in [0.1, 0.15) is 18.6 Å². The van der Waals surface area contributed by atoms with Crippen LogP contribution < -0.4 is 4.74 Å². The van der Waals surface area contributed by atoms with E-state index in [1.54, 1.807) is 32.2 Å². The Hall–Kier alpha value is -1.75. The van der Waals surface area contributed by atoms with Gasteiger partial charge in [0.25, 0.3) is 5.91 Å². The van der Waals surface area contributed by atoms with Crippen molar-refractivity contribution in [1.29, 1.82) is 0 Å². The van der Waals surface area contributed by atoms with Gasteiger partial charge in [0.1, 0.15) is 5.75 Å². The molecule has 0 aliphatic heterocycles. The fraction of sp³-hybridized carbons (Fsp3) is 0.278. The molecule has 0 spiro atoms. The minimum atomic E-state index is -0.778. The fourth-order valence-corrected chi connectivity index (χ4v) is 2.66. The first-order valence-electron chi connectivity index (χ1n) is 7.46. The van der Waals surface area contributed by atoms with Crippen LogP contribution in [0.4, 0.5) is 0 Å². The third kappa shape index (κ3) is 4.63. The Morgan fingerprint density at radius 3 is 2.50 bits per heavy atom. The van der Waals surface area contributed by atoms with Crippen molar-refractivity contribution in [2.45, 2.75) is 19.1 Å². The molecule has 128 valence electrons. The summed E-state index contributed by atoms with van der Waals surface area (Å²) < 4.78 is 5.45. The highest BCUT2D eigenvalue weighted by Crippen LogP contribution is 2.27. The lowest BCUT2D eigenvalue weighted by Gasteiger charge is -2.29. The number of rotatable bonds is 6. The van der Waals surface area contributed by atoms with Crippen molar-refractivity contribution in [3.63, 3.8) is 0 Å². The van der Waals surface area contributed by atoms with Gasteiger partial charge in [0, 0.05) is 12.1 Å². The van der Waals surface area contributed by atoms with Crippen LogP contribution in [0.15, 0.2) is 48.5 Å². The van der Waals surface area contributed by atoms with Gasteiger partial charge in [0.05, 0.1) is 17.2 Å². The highest BCUT2D eigenvalue weighted by molar-refractivity contribution is 6.35. The van der Waals surface area contributed by atoms with Crippen molar-refractivity contribution in [3.05, 3.63) is 64.1 Å². The molecule has 0 aromatic heterocycles. The number of hydrogen-bond acceptors (Lipinski definition) is 3. The lowest BCUT2D eigenvalue weighted by atomic mass is 10.0. The SMILES string of the molecule is CC(C(O)c1ccccc1)N(C)C(=O)COc1ccc(Cl)cc1Cl. The second kappa shape index (κ2) is 8.38. The van der Waals surface area contributed by atoms with Crippen LogP contribution in [0.2, 0.25) is 10.0 Å². The van der Waals surface area contributed by atoms with E-state index >= 15 is 0 Å². The number of carbonyl (C=O) groups excluding carboxylic acids is 1. The molecule has 0 heterocycles. The molecule has 4 nitrogen and oxygen atoms in total. The van der Waals surface area contributed by atoms with E-state index in [1.165, 1.54) is 4.90 Å². The van der Waals surface area contributed by atoms with Gasteiger partial charge in [0.15, 0.2) is 6.61 Å². The molecule has 2 atom stereocenters. The van der Waals surface area contributed by atoms with Crippen molar-refractivity contribution in [2.75, 3.05) is 13.7 Å². The van der Waals surface area contributed by atoms with Crippen LogP contribution in [0.25, 0.3) is 0 Å². The van der Waals surface area contributed by atoms with E-state index in [-0.39, 0.29) is 12.5 Å². The smallest absolute Gasteiger partial charge is 0.260 e. The Balaban J connectivity index is 1.96. The Morgan fingerprint density at radius 1 is 1.21 bits per heavy atom. The van der Waals surface area contributed by atoms with Crippen molar-refractivity contribution >= 4 is 29.1 Å². The molecule has 6 heteroatoms. The second-order valence-corrected chi connectivity index (χ2v) is 6.31. The molecule has 2 aromatic rings. The molecule has 1 N–H and O–H groups in total. The third-order valence-corrected chi connectivity index (χ3v) is 4.38. The van der Waals surface area contributed by atoms with Crippen LogP contribution >= 0.6 is 23.2 Å². The van der Waals surface area contributed by atoms with Gasteiger partial charge in [-0.05, 0) is 30.7 Å². The maximum Gasteiger partial charge on any atom is 0.260 e. The average molecular weight is 368 g/mol. The molecule has 24 heavy (non-hydrogen) atoms. The molecule has 2 aromatic carbocycles. The Bertz CT molecular complexity index is 694. The quantitative estimate of drug-likeness (QED) is 0.840. The number of likely N-dealkylation sites (N-methyl/N-ethyl adjacent to an activating group) is 1. The Kier molecular flexibility index (Phi) is 6.49. The number of ether oxygens (including phenoxy) is 1. The number of carbonyl (C=O) groups is 1. The lowest BCUT2D eigenvalue weighted by Crippen LogP contribution is -2.41. The number of nitrogens with zero attached hydrogens (tertiary/aromatic N) is 1. The molecule has 0 saturated heterocycles. The Morgan fingerprint density at radius 2 is 1.88 bits per heavy atom. The minimum absolute atomic E-state index is 0.177. The van der Waals surface area contributed by atoms with Gasteiger partial charge in [-0.2, -0.15) is 0 Å². The third-order valence-electron chi connectivity index (χ3n) is 3.85. The highest BCUT2D eigenvalue weighted by atomic mass is 35.5. The van der Waals surface area contributed by atoms with Crippen molar-refractivity contribution < 1.29 is 14.6 Å². The molecule has 0 aliphatic rings. The lowest BCUT2D eigenvalue weighted by molar-refractivity contribution is -0.136. The van der Waals surface area contributed by atoms with Gasteiger partial charge in [-0.25, -0.2) is 0 Å². The number of benzene rings is 2. The number of hydrogen-bond donors (Lipinski definition) is 1. The van der Waals surface area contributed by atoms with E-state index in [1.807, 2.05) is 30.3 Å². The standard InChI is InChI=1S/C18H19Cl2NO3/c1-12(18(23)13-6-4-3-5-7-13)21(2)17(22)11-24-16-9-8-14(19)10-15(16)20/h3-10,12,18,23H,11H2,1-2H3. The van der Waals surface area contributed by atoms with Crippen LogP contribution in [0.3, 0.4) is 0 Å². The molecule has 0 radical (unpaired) electrons. The van der Waals surface area contributed by atoms with Gasteiger partial charge in [0.2, 0.25) is 0 Å². The number of amides is 1. The largest absolute Gasteiger partial charge is 0.482 e. The van der Waals surface area contributed by atoms with Gasteiger partial charge in [-0.15, -0.1) is 0 Å². The van der Waals surface area contributed by atoms with Crippen molar-refractivity contribution in [3.8, 4) is 5.75 Å². The number of aliphatic hydroxyl groups is 1. The van der Waals surface area contributed by atoms with Gasteiger partial charge >= 0.3 is 0 Å². The molecular formula is C18H19Cl2NO3. The molecule has 0 fully saturated rings. The maximum atomic E-state index is 12.3. The summed E-state index contributed by atoms with van der Waals surface area (Å²) in [6, 6.07) is 13.6. The summed E-state index contributed by atoms with van der Waals surface area (Å²) in [6.07, 6.45) is -0.778. The van der Waals surface area contributed by atoms with Crippen molar-refractivity contribution in [1.82, 2.24) is 4.90 Å². The zero-order valence-corrected chi connectivity index (χ0v) is 15.0. The molecule has 0 bridgehead atoms. The maximum absolute atomic E-state index is 12.3. The van der Waals surface area contributed by atoms with Crippen LogP contribution in [-0.2, 0) is 4.79 Å². The van der Waals surface area contributed by atoms with E-state index in [0.717, 1.165) is 5.56 Å². The van der Waals surface area contributed by atoms with Crippen LogP contribution in [-0.4, -0.2) is 35.6 Å². The normalized spacial score (nSPS) is 13.2. The monoisotopic (exact) mass is 367 g/mol. The molecular weight excluding hydrogens is 349 g/mol. The van der Waals surface area contributed by atoms with E-state index in [4.69, 9.17) is 27.9 Å². The average Bonchev–Trinajstić information content (AvgIpc) is 2.59. The Labute approximate surface area is 151 Å². The zero-order valence-electron chi connectivity index (χ0n) is 13.4. The number of aliphatic hydroxyl groups excluding tert-OH is 1. The van der Waals surface area contributed by atoms with Crippen LogP contribution in [0.5, 0.6) is 5.75 Å². The summed E-state index contributed by atoms with van der Waals surface area (Å²) in [5.41, 5.74) is 0.756. The molecule has 0 saturated carbocycles. The first-order valence-corrected chi connectivity index (χ1v) is 8.22. The van der Waals surface area contributed by atoms with Gasteiger partial charge in [-0.1, -0.05) is 53.5 Å². The van der Waals surface area contributed by atoms with E-state index < -0.39 is 12.1 Å². The van der Waals surface area contributed by atoms with E-state index in [0.29, 0.717) is 15.8 Å². The van der Waals surface area contributed by atoms with Crippen LogP contribution in [0, 0.1) is 0 Å². The van der Waals surface area contributed by atoms with Gasteiger partial charge < -0.3 is 14.7 Å². The second-order valence-electron chi connectivity index (χ2n) is 5.46. The van der Waals surface area contributed by atoms with Crippen molar-refractivity contribution in [2.24, 2.45) is 0 Å². The predicted molar refractivity (Wildman–Crippen MR) is 95.6 cm³/mol. The number of halogens is 2. The summed E-state index contributed by atoms with van der Waals surface area (Å²) in [5.74, 6) is 0.127. The zero-order chi connectivity index (χ0) is 17.7. The fourth-order valence-electron chi connectivity index (χ4n) is 2.20. The van der Waals surface area contributed by atoms with Gasteiger partial charge in [-0.3, -0.25) is 4.79 Å². The predicted octanol–water partition coefficient (Wildman–Crippen LogP) is 3.95. The summed E-state index contributed by atoms with van der Waals surface area (Å²) in [4.78, 5) is 13.8.